The molecular formula is C15H17F2N5O3S. The summed E-state index contributed by atoms with van der Waals surface area (Å²) in [6, 6.07) is 6.10. The fourth-order valence-corrected chi connectivity index (χ4v) is 2.65. The fraction of sp³-hybridized carbons (Fsp3) is 0.267. The maximum atomic E-state index is 12.9. The van der Waals surface area contributed by atoms with E-state index in [4.69, 9.17) is 0 Å². The van der Waals surface area contributed by atoms with Gasteiger partial charge >= 0.3 is 11.8 Å². The molecule has 0 spiro atoms. The van der Waals surface area contributed by atoms with E-state index in [1.54, 1.807) is 12.1 Å². The molecule has 0 radical (unpaired) electrons. The number of halogens is 2. The van der Waals surface area contributed by atoms with Crippen molar-refractivity contribution in [2.45, 2.75) is 6.43 Å². The number of nitrogens with zero attached hydrogens (tertiary/aromatic N) is 3. The number of hydrogen-bond donors (Lipinski definition) is 2. The Morgan fingerprint density at radius 3 is 2.50 bits per heavy atom. The van der Waals surface area contributed by atoms with Crippen LogP contribution in [0, 0.1) is 0 Å². The molecule has 0 aliphatic heterocycles. The molecule has 11 heteroatoms. The van der Waals surface area contributed by atoms with Crippen LogP contribution in [0.2, 0.25) is 0 Å². The van der Waals surface area contributed by atoms with Gasteiger partial charge in [0.15, 0.2) is 5.69 Å². The molecule has 1 aromatic carbocycles. The number of anilines is 2. The molecule has 0 aliphatic carbocycles. The Kier molecular flexibility index (Phi) is 5.70. The molecule has 0 unspecified atom stereocenters. The normalized spacial score (nSPS) is 11.3. The average Bonchev–Trinajstić information content (AvgIpc) is 2.86. The van der Waals surface area contributed by atoms with Gasteiger partial charge in [0.2, 0.25) is 0 Å². The molecular weight excluding hydrogens is 368 g/mol. The summed E-state index contributed by atoms with van der Waals surface area (Å²) in [7, 11) is -0.975. The number of benzene rings is 1. The highest BCUT2D eigenvalue weighted by Crippen LogP contribution is 2.25. The van der Waals surface area contributed by atoms with Crippen LogP contribution in [0.4, 0.5) is 25.8 Å². The lowest BCUT2D eigenvalue weighted by Crippen LogP contribution is -2.29. The minimum absolute atomic E-state index is 0.246. The first-order chi connectivity index (χ1) is 12.0. The van der Waals surface area contributed by atoms with Gasteiger partial charge in [-0.3, -0.25) is 14.3 Å². The molecule has 2 rings (SSSR count). The Hall–Kier alpha value is -2.82. The number of rotatable bonds is 4. The van der Waals surface area contributed by atoms with Crippen molar-refractivity contribution in [3.05, 3.63) is 36.2 Å². The van der Waals surface area contributed by atoms with E-state index >= 15 is 0 Å². The maximum Gasteiger partial charge on any atom is 0.314 e. The number of alkyl halides is 2. The number of hydrogen-bond acceptors (Lipinski definition) is 5. The highest BCUT2D eigenvalue weighted by atomic mass is 32.2. The minimum atomic E-state index is -2.90. The molecule has 8 nitrogen and oxygen atoms in total. The van der Waals surface area contributed by atoms with E-state index in [1.807, 2.05) is 0 Å². The predicted octanol–water partition coefficient (Wildman–Crippen LogP) is 2.29. The molecule has 0 saturated heterocycles. The van der Waals surface area contributed by atoms with Gasteiger partial charge in [0.25, 0.3) is 6.43 Å². The van der Waals surface area contributed by atoms with Crippen LogP contribution in [0.3, 0.4) is 0 Å². The van der Waals surface area contributed by atoms with E-state index in [2.05, 4.69) is 20.1 Å². The first-order valence-electron chi connectivity index (χ1n) is 7.26. The molecule has 2 aromatic rings. The standard InChI is InChI=1S/C15H17F2N5O3S/c1-22-8-11(12(20-22)13(16)17)19-15(24)14(23)18-9-5-4-6-10(7-9)21-26(2,3)25/h4-8,13H,1-3H3,(H,18,23)(H,19,24). The van der Waals surface area contributed by atoms with Gasteiger partial charge < -0.3 is 10.6 Å². The van der Waals surface area contributed by atoms with E-state index in [0.717, 1.165) is 4.68 Å². The minimum Gasteiger partial charge on any atom is -0.318 e. The topological polar surface area (TPSA) is 105 Å². The first kappa shape index (κ1) is 19.5. The van der Waals surface area contributed by atoms with Crippen molar-refractivity contribution < 1.29 is 22.6 Å². The van der Waals surface area contributed by atoms with E-state index in [-0.39, 0.29) is 11.4 Å². The van der Waals surface area contributed by atoms with Crippen LogP contribution in [-0.2, 0) is 26.4 Å². The second-order valence-electron chi connectivity index (χ2n) is 5.63. The highest BCUT2D eigenvalue weighted by Gasteiger charge is 2.22. The zero-order chi connectivity index (χ0) is 19.5. The summed E-state index contributed by atoms with van der Waals surface area (Å²) in [6.45, 7) is 0. The molecule has 0 atom stereocenters. The Bertz CT molecular complexity index is 956. The van der Waals surface area contributed by atoms with Crippen molar-refractivity contribution in [2.75, 3.05) is 23.1 Å². The quantitative estimate of drug-likeness (QED) is 0.788. The van der Waals surface area contributed by atoms with Gasteiger partial charge in [-0.1, -0.05) is 6.07 Å². The van der Waals surface area contributed by atoms with Crippen LogP contribution >= 0.6 is 0 Å². The maximum absolute atomic E-state index is 12.9. The number of aromatic nitrogens is 2. The molecule has 0 fully saturated rings. The highest BCUT2D eigenvalue weighted by molar-refractivity contribution is 7.92. The number of nitrogens with one attached hydrogen (secondary N) is 2. The smallest absolute Gasteiger partial charge is 0.314 e. The Morgan fingerprint density at radius 1 is 1.23 bits per heavy atom. The summed E-state index contributed by atoms with van der Waals surface area (Å²) in [5, 5.41) is 7.96. The lowest BCUT2D eigenvalue weighted by atomic mass is 10.3. The third kappa shape index (κ3) is 5.34. The number of carbonyl (C=O) groups excluding carboxylic acids is 2. The van der Waals surface area contributed by atoms with Gasteiger partial charge in [-0.05, 0) is 18.2 Å². The molecule has 2 N–H and O–H groups in total. The Balaban J connectivity index is 2.12. The van der Waals surface area contributed by atoms with Gasteiger partial charge in [-0.15, -0.1) is 0 Å². The van der Waals surface area contributed by atoms with Gasteiger partial charge in [0.05, 0.1) is 11.4 Å². The third-order valence-electron chi connectivity index (χ3n) is 2.95. The summed E-state index contributed by atoms with van der Waals surface area (Å²) in [6.07, 6.45) is 1.19. The zero-order valence-corrected chi connectivity index (χ0v) is 15.0. The third-order valence-corrected chi connectivity index (χ3v) is 3.60. The summed E-state index contributed by atoms with van der Waals surface area (Å²) >= 11 is 0. The van der Waals surface area contributed by atoms with Crippen LogP contribution in [0.25, 0.3) is 0 Å². The van der Waals surface area contributed by atoms with Crippen molar-refractivity contribution in [1.29, 1.82) is 0 Å². The molecule has 0 saturated carbocycles. The summed E-state index contributed by atoms with van der Waals surface area (Å²) in [5.41, 5.74) is -0.265. The van der Waals surface area contributed by atoms with Crippen LogP contribution in [0.5, 0.6) is 0 Å². The Morgan fingerprint density at radius 2 is 1.88 bits per heavy atom. The van der Waals surface area contributed by atoms with Crippen molar-refractivity contribution in [3.8, 4) is 0 Å². The Labute approximate surface area is 148 Å². The first-order valence-corrected chi connectivity index (χ1v) is 9.59. The van der Waals surface area contributed by atoms with Crippen LogP contribution in [-0.4, -0.2) is 38.3 Å². The second kappa shape index (κ2) is 7.60. The van der Waals surface area contributed by atoms with Crippen LogP contribution in [0.15, 0.2) is 34.8 Å². The molecule has 140 valence electrons. The molecule has 0 aliphatic rings. The molecule has 1 heterocycles. The summed E-state index contributed by atoms with van der Waals surface area (Å²) < 4.78 is 42.5. The summed E-state index contributed by atoms with van der Waals surface area (Å²) in [5.74, 6) is -2.18. The second-order valence-corrected chi connectivity index (χ2v) is 8.18. The molecule has 2 amide bonds. The van der Waals surface area contributed by atoms with E-state index in [9.17, 15) is 22.6 Å². The number of aryl methyl sites for hydroxylation is 1. The van der Waals surface area contributed by atoms with Crippen molar-refractivity contribution in [2.24, 2.45) is 11.4 Å². The van der Waals surface area contributed by atoms with Gasteiger partial charge in [0.1, 0.15) is 0 Å². The molecule has 1 aromatic heterocycles. The predicted molar refractivity (Wildman–Crippen MR) is 93.9 cm³/mol. The number of amides is 2. The van der Waals surface area contributed by atoms with Gasteiger partial charge in [0, 0.05) is 41.2 Å². The van der Waals surface area contributed by atoms with Crippen molar-refractivity contribution >= 4 is 38.6 Å². The molecule has 26 heavy (non-hydrogen) atoms. The fourth-order valence-electron chi connectivity index (χ4n) is 2.02. The van der Waals surface area contributed by atoms with E-state index in [0.29, 0.717) is 5.69 Å². The van der Waals surface area contributed by atoms with Crippen molar-refractivity contribution in [3.63, 3.8) is 0 Å². The van der Waals surface area contributed by atoms with E-state index in [1.165, 1.54) is 37.9 Å². The zero-order valence-electron chi connectivity index (χ0n) is 14.2. The largest absolute Gasteiger partial charge is 0.318 e. The van der Waals surface area contributed by atoms with E-state index < -0.39 is 33.7 Å². The number of carbonyl (C=O) groups is 2. The van der Waals surface area contributed by atoms with Gasteiger partial charge in [-0.25, -0.2) is 13.0 Å². The average molecular weight is 385 g/mol. The van der Waals surface area contributed by atoms with Crippen LogP contribution < -0.4 is 10.6 Å². The van der Waals surface area contributed by atoms with Crippen LogP contribution in [0.1, 0.15) is 12.1 Å². The van der Waals surface area contributed by atoms with Gasteiger partial charge in [-0.2, -0.15) is 9.46 Å². The monoisotopic (exact) mass is 385 g/mol. The van der Waals surface area contributed by atoms with Crippen molar-refractivity contribution in [1.82, 2.24) is 9.78 Å². The lowest BCUT2D eigenvalue weighted by Gasteiger charge is -2.07. The lowest BCUT2D eigenvalue weighted by molar-refractivity contribution is -0.133. The SMILES string of the molecule is Cn1cc(NC(=O)C(=O)Nc2cccc(N=S(C)(C)=O)c2)c(C(F)F)n1. The summed E-state index contributed by atoms with van der Waals surface area (Å²) in [4.78, 5) is 23.9. The molecule has 0 bridgehead atoms.